The van der Waals surface area contributed by atoms with E-state index in [-0.39, 0.29) is 6.61 Å². The third-order valence-corrected chi connectivity index (χ3v) is 5.09. The van der Waals surface area contributed by atoms with Crippen LogP contribution in [-0.2, 0) is 20.5 Å². The minimum atomic E-state index is -3.39. The molecule has 2 rings (SSSR count). The van der Waals surface area contributed by atoms with Crippen molar-refractivity contribution in [2.45, 2.75) is 6.61 Å². The minimum absolute atomic E-state index is 0.125. The van der Waals surface area contributed by atoms with Crippen LogP contribution >= 0.6 is 7.37 Å². The summed E-state index contributed by atoms with van der Waals surface area (Å²) in [5.41, 5.74) is 0.856. The van der Waals surface area contributed by atoms with Crippen molar-refractivity contribution in [3.63, 3.8) is 0 Å². The van der Waals surface area contributed by atoms with Gasteiger partial charge in [-0.1, -0.05) is 48.5 Å². The first-order chi connectivity index (χ1) is 9.60. The van der Waals surface area contributed by atoms with Crippen LogP contribution in [0.2, 0.25) is 0 Å². The van der Waals surface area contributed by atoms with Gasteiger partial charge < -0.3 is 9.63 Å². The predicted molar refractivity (Wildman–Crippen MR) is 77.4 cm³/mol. The molecule has 0 aliphatic heterocycles. The second-order valence-corrected chi connectivity index (χ2v) is 6.76. The molecule has 0 saturated heterocycles. The third-order valence-electron chi connectivity index (χ3n) is 2.78. The fourth-order valence-corrected chi connectivity index (χ4v) is 3.56. The van der Waals surface area contributed by atoms with Gasteiger partial charge in [-0.3, -0.25) is 9.36 Å². The number of carboxylic acid groups (broad SMARTS) is 1. The zero-order valence-electron chi connectivity index (χ0n) is 10.8. The van der Waals surface area contributed by atoms with Gasteiger partial charge in [-0.25, -0.2) is 0 Å². The molecule has 1 atom stereocenters. The summed E-state index contributed by atoms with van der Waals surface area (Å²) in [7, 11) is -3.39. The van der Waals surface area contributed by atoms with Gasteiger partial charge >= 0.3 is 5.97 Å². The molecule has 0 radical (unpaired) electrons. The molecule has 2 aromatic carbocycles. The highest BCUT2D eigenvalue weighted by Gasteiger charge is 2.29. The summed E-state index contributed by atoms with van der Waals surface area (Å²) in [5, 5.41) is 9.38. The van der Waals surface area contributed by atoms with Crippen LogP contribution in [0.3, 0.4) is 0 Å². The van der Waals surface area contributed by atoms with E-state index in [4.69, 9.17) is 9.63 Å². The van der Waals surface area contributed by atoms with E-state index in [1.165, 1.54) is 0 Å². The Balaban J connectivity index is 2.20. The Morgan fingerprint density at radius 2 is 1.55 bits per heavy atom. The highest BCUT2D eigenvalue weighted by atomic mass is 31.2. The van der Waals surface area contributed by atoms with Gasteiger partial charge in [0.2, 0.25) is 7.37 Å². The lowest BCUT2D eigenvalue weighted by atomic mass is 10.2. The average molecular weight is 290 g/mol. The molecule has 0 amide bonds. The Kier molecular flexibility index (Phi) is 4.72. The number of aliphatic carboxylic acids is 1. The van der Waals surface area contributed by atoms with Gasteiger partial charge in [0, 0.05) is 5.30 Å². The summed E-state index contributed by atoms with van der Waals surface area (Å²) in [6, 6.07) is 17.7. The molecule has 0 aromatic heterocycles. The zero-order chi connectivity index (χ0) is 14.4. The fourth-order valence-electron chi connectivity index (χ4n) is 1.80. The quantitative estimate of drug-likeness (QED) is 0.831. The lowest BCUT2D eigenvalue weighted by Crippen LogP contribution is -2.15. The zero-order valence-corrected chi connectivity index (χ0v) is 11.7. The number of carbonyl (C=O) groups is 1. The molecular formula is C15H15O4P. The number of benzene rings is 2. The normalized spacial score (nSPS) is 13.6. The standard InChI is InChI=1S/C15H15O4P/c16-15(17)12-20(18,14-9-5-2-6-10-14)19-11-13-7-3-1-4-8-13/h1-10H,11-12H2,(H,16,17). The SMILES string of the molecule is O=C(O)CP(=O)(OCc1ccccc1)c1ccccc1. The van der Waals surface area contributed by atoms with Gasteiger partial charge in [-0.2, -0.15) is 0 Å². The molecule has 2 aromatic rings. The topological polar surface area (TPSA) is 63.6 Å². The Hall–Kier alpha value is -1.90. The van der Waals surface area contributed by atoms with Crippen LogP contribution in [0.4, 0.5) is 0 Å². The van der Waals surface area contributed by atoms with Crippen LogP contribution in [0.15, 0.2) is 60.7 Å². The second kappa shape index (κ2) is 6.51. The molecule has 20 heavy (non-hydrogen) atoms. The molecule has 1 unspecified atom stereocenters. The van der Waals surface area contributed by atoms with Gasteiger partial charge in [0.15, 0.2) is 0 Å². The van der Waals surface area contributed by atoms with E-state index in [2.05, 4.69) is 0 Å². The molecule has 5 heteroatoms. The van der Waals surface area contributed by atoms with Gasteiger partial charge in [0.05, 0.1) is 6.61 Å². The van der Waals surface area contributed by atoms with Crippen molar-refractivity contribution in [1.29, 1.82) is 0 Å². The van der Waals surface area contributed by atoms with Crippen molar-refractivity contribution >= 4 is 18.6 Å². The molecule has 0 heterocycles. The number of hydrogen-bond acceptors (Lipinski definition) is 3. The average Bonchev–Trinajstić information content (AvgIpc) is 2.47. The molecule has 0 aliphatic carbocycles. The van der Waals surface area contributed by atoms with E-state index in [1.807, 2.05) is 30.3 Å². The second-order valence-electron chi connectivity index (χ2n) is 4.32. The van der Waals surface area contributed by atoms with Crippen LogP contribution in [0, 0.1) is 0 Å². The lowest BCUT2D eigenvalue weighted by Gasteiger charge is -2.17. The number of rotatable bonds is 6. The van der Waals surface area contributed by atoms with Crippen LogP contribution in [-0.4, -0.2) is 17.2 Å². The Labute approximate surface area is 117 Å². The van der Waals surface area contributed by atoms with Gasteiger partial charge in [-0.05, 0) is 17.7 Å². The van der Waals surface area contributed by atoms with Crippen LogP contribution in [0.25, 0.3) is 0 Å². The van der Waals surface area contributed by atoms with E-state index in [1.54, 1.807) is 30.3 Å². The van der Waals surface area contributed by atoms with Crippen molar-refractivity contribution in [3.05, 3.63) is 66.2 Å². The summed E-state index contributed by atoms with van der Waals surface area (Å²) in [5.74, 6) is -1.13. The molecule has 0 fully saturated rings. The summed E-state index contributed by atoms with van der Waals surface area (Å²) >= 11 is 0. The van der Waals surface area contributed by atoms with E-state index < -0.39 is 19.5 Å². The fraction of sp³-hybridized carbons (Fsp3) is 0.133. The highest BCUT2D eigenvalue weighted by Crippen LogP contribution is 2.46. The summed E-state index contributed by atoms with van der Waals surface area (Å²) in [6.45, 7) is 0.125. The van der Waals surface area contributed by atoms with Crippen molar-refractivity contribution in [1.82, 2.24) is 0 Å². The van der Waals surface area contributed by atoms with Crippen molar-refractivity contribution in [3.8, 4) is 0 Å². The summed E-state index contributed by atoms with van der Waals surface area (Å²) < 4.78 is 18.3. The van der Waals surface area contributed by atoms with Crippen LogP contribution < -0.4 is 5.30 Å². The number of hydrogen-bond donors (Lipinski definition) is 1. The largest absolute Gasteiger partial charge is 0.481 e. The predicted octanol–water partition coefficient (Wildman–Crippen LogP) is 2.89. The summed E-state index contributed by atoms with van der Waals surface area (Å²) in [6.07, 6.45) is -0.510. The molecule has 4 nitrogen and oxygen atoms in total. The molecule has 0 aliphatic rings. The smallest absolute Gasteiger partial charge is 0.313 e. The first-order valence-corrected chi connectivity index (χ1v) is 7.96. The Morgan fingerprint density at radius 1 is 1.00 bits per heavy atom. The lowest BCUT2D eigenvalue weighted by molar-refractivity contribution is -0.134. The van der Waals surface area contributed by atoms with Gasteiger partial charge in [0.25, 0.3) is 0 Å². The summed E-state index contributed by atoms with van der Waals surface area (Å²) in [4.78, 5) is 10.9. The maximum absolute atomic E-state index is 12.8. The van der Waals surface area contributed by atoms with E-state index in [0.29, 0.717) is 5.30 Å². The molecule has 0 spiro atoms. The monoisotopic (exact) mass is 290 g/mol. The van der Waals surface area contributed by atoms with Gasteiger partial charge in [-0.15, -0.1) is 0 Å². The Bertz CT molecular complexity index is 610. The molecule has 104 valence electrons. The maximum Gasteiger partial charge on any atom is 0.313 e. The molecule has 1 N–H and O–H groups in total. The first kappa shape index (κ1) is 14.5. The first-order valence-electron chi connectivity index (χ1n) is 6.15. The van der Waals surface area contributed by atoms with Crippen molar-refractivity contribution in [2.75, 3.05) is 6.16 Å². The maximum atomic E-state index is 12.8. The minimum Gasteiger partial charge on any atom is -0.481 e. The van der Waals surface area contributed by atoms with Crippen molar-refractivity contribution in [2.24, 2.45) is 0 Å². The molecule has 0 saturated carbocycles. The van der Waals surface area contributed by atoms with E-state index in [9.17, 15) is 9.36 Å². The van der Waals surface area contributed by atoms with Gasteiger partial charge in [0.1, 0.15) is 6.16 Å². The van der Waals surface area contributed by atoms with E-state index in [0.717, 1.165) is 5.56 Å². The number of carboxylic acids is 1. The van der Waals surface area contributed by atoms with Crippen LogP contribution in [0.5, 0.6) is 0 Å². The highest BCUT2D eigenvalue weighted by molar-refractivity contribution is 7.67. The van der Waals surface area contributed by atoms with E-state index >= 15 is 0 Å². The Morgan fingerprint density at radius 3 is 2.10 bits per heavy atom. The molecule has 0 bridgehead atoms. The third kappa shape index (κ3) is 3.80. The van der Waals surface area contributed by atoms with Crippen molar-refractivity contribution < 1.29 is 19.0 Å². The molecular weight excluding hydrogens is 275 g/mol. The van der Waals surface area contributed by atoms with Crippen LogP contribution in [0.1, 0.15) is 5.56 Å².